The molecular formula is C15H28N2O2. The van der Waals surface area contributed by atoms with Crippen molar-refractivity contribution in [3.8, 4) is 0 Å². The lowest BCUT2D eigenvalue weighted by atomic mass is 10.0. The number of hydrogen-bond acceptors (Lipinski definition) is 3. The van der Waals surface area contributed by atoms with E-state index in [1.54, 1.807) is 7.11 Å². The monoisotopic (exact) mass is 268 g/mol. The largest absolute Gasteiger partial charge is 0.389 e. The molecule has 0 bridgehead atoms. The SMILES string of the molecule is CCc1nn(CCC(C)(C)OC)c(CC)c1C(C)O. The summed E-state index contributed by atoms with van der Waals surface area (Å²) in [6, 6.07) is 0. The van der Waals surface area contributed by atoms with E-state index >= 15 is 0 Å². The molecule has 0 fully saturated rings. The Labute approximate surface area is 116 Å². The summed E-state index contributed by atoms with van der Waals surface area (Å²) in [6.45, 7) is 11.0. The maximum atomic E-state index is 9.96. The van der Waals surface area contributed by atoms with Crippen LogP contribution in [0.1, 0.15) is 64.1 Å². The van der Waals surface area contributed by atoms with Crippen molar-refractivity contribution in [2.75, 3.05) is 7.11 Å². The zero-order chi connectivity index (χ0) is 14.6. The van der Waals surface area contributed by atoms with Crippen LogP contribution in [-0.4, -0.2) is 27.6 Å². The van der Waals surface area contributed by atoms with Crippen LogP contribution in [0.4, 0.5) is 0 Å². The number of aliphatic hydroxyl groups excluding tert-OH is 1. The van der Waals surface area contributed by atoms with Gasteiger partial charge in [-0.25, -0.2) is 0 Å². The lowest BCUT2D eigenvalue weighted by molar-refractivity contribution is 0.0111. The second-order valence-electron chi connectivity index (χ2n) is 5.63. The minimum atomic E-state index is -0.450. The molecule has 19 heavy (non-hydrogen) atoms. The van der Waals surface area contributed by atoms with Crippen LogP contribution in [0.2, 0.25) is 0 Å². The van der Waals surface area contributed by atoms with Gasteiger partial charge in [0, 0.05) is 24.9 Å². The van der Waals surface area contributed by atoms with E-state index in [2.05, 4.69) is 32.8 Å². The van der Waals surface area contributed by atoms with Crippen LogP contribution in [0.25, 0.3) is 0 Å². The Morgan fingerprint density at radius 2 is 1.95 bits per heavy atom. The Hall–Kier alpha value is -0.870. The van der Waals surface area contributed by atoms with E-state index in [0.29, 0.717) is 0 Å². The number of hydrogen-bond donors (Lipinski definition) is 1. The molecule has 0 aliphatic heterocycles. The van der Waals surface area contributed by atoms with Crippen molar-refractivity contribution in [3.63, 3.8) is 0 Å². The van der Waals surface area contributed by atoms with Gasteiger partial charge in [0.2, 0.25) is 0 Å². The molecule has 1 heterocycles. The third-order valence-corrected chi connectivity index (χ3v) is 3.74. The molecule has 1 aromatic heterocycles. The summed E-state index contributed by atoms with van der Waals surface area (Å²) in [6.07, 6.45) is 2.20. The van der Waals surface area contributed by atoms with Gasteiger partial charge >= 0.3 is 0 Å². The maximum Gasteiger partial charge on any atom is 0.0798 e. The fourth-order valence-corrected chi connectivity index (χ4v) is 2.34. The number of ether oxygens (including phenoxy) is 1. The van der Waals surface area contributed by atoms with Gasteiger partial charge in [0.25, 0.3) is 0 Å². The van der Waals surface area contributed by atoms with E-state index in [1.807, 2.05) is 11.6 Å². The third-order valence-electron chi connectivity index (χ3n) is 3.74. The molecule has 0 saturated heterocycles. The van der Waals surface area contributed by atoms with Gasteiger partial charge in [-0.3, -0.25) is 4.68 Å². The third kappa shape index (κ3) is 3.80. The highest BCUT2D eigenvalue weighted by Crippen LogP contribution is 2.24. The molecule has 0 aliphatic carbocycles. The van der Waals surface area contributed by atoms with Crippen LogP contribution >= 0.6 is 0 Å². The topological polar surface area (TPSA) is 47.3 Å². The summed E-state index contributed by atoms with van der Waals surface area (Å²) in [5.74, 6) is 0. The first kappa shape index (κ1) is 16.2. The average molecular weight is 268 g/mol. The maximum absolute atomic E-state index is 9.96. The summed E-state index contributed by atoms with van der Waals surface area (Å²) >= 11 is 0. The standard InChI is InChI=1S/C15H28N2O2/c1-7-12-14(11(3)18)13(8-2)17(16-12)10-9-15(4,5)19-6/h11,18H,7-10H2,1-6H3. The average Bonchev–Trinajstić information content (AvgIpc) is 2.74. The number of nitrogens with zero attached hydrogens (tertiary/aromatic N) is 2. The molecule has 110 valence electrons. The highest BCUT2D eigenvalue weighted by Gasteiger charge is 2.21. The molecule has 4 heteroatoms. The second kappa shape index (κ2) is 6.53. The van der Waals surface area contributed by atoms with E-state index in [4.69, 9.17) is 4.74 Å². The molecule has 1 rings (SSSR count). The Bertz CT molecular complexity index is 409. The predicted molar refractivity (Wildman–Crippen MR) is 77.3 cm³/mol. The van der Waals surface area contributed by atoms with Crippen LogP contribution in [-0.2, 0) is 24.1 Å². The van der Waals surface area contributed by atoms with Gasteiger partial charge in [0.1, 0.15) is 0 Å². The van der Waals surface area contributed by atoms with Gasteiger partial charge < -0.3 is 9.84 Å². The van der Waals surface area contributed by atoms with E-state index in [9.17, 15) is 5.11 Å². The molecule has 0 radical (unpaired) electrons. The first-order chi connectivity index (χ1) is 8.86. The van der Waals surface area contributed by atoms with Gasteiger partial charge in [-0.05, 0) is 40.0 Å². The summed E-state index contributed by atoms with van der Waals surface area (Å²) in [7, 11) is 1.74. The van der Waals surface area contributed by atoms with E-state index < -0.39 is 6.10 Å². The molecule has 4 nitrogen and oxygen atoms in total. The van der Waals surface area contributed by atoms with Crippen molar-refractivity contribution >= 4 is 0 Å². The van der Waals surface area contributed by atoms with Crippen molar-refractivity contribution in [2.45, 2.75) is 72.1 Å². The van der Waals surface area contributed by atoms with E-state index in [-0.39, 0.29) is 5.60 Å². The van der Waals surface area contributed by atoms with Gasteiger partial charge in [-0.1, -0.05) is 13.8 Å². The Kier molecular flexibility index (Phi) is 5.56. The fraction of sp³-hybridized carbons (Fsp3) is 0.800. The second-order valence-corrected chi connectivity index (χ2v) is 5.63. The highest BCUT2D eigenvalue weighted by molar-refractivity contribution is 5.28. The van der Waals surface area contributed by atoms with Crippen LogP contribution < -0.4 is 0 Å². The van der Waals surface area contributed by atoms with Gasteiger partial charge in [0.05, 0.1) is 17.4 Å². The number of aliphatic hydroxyl groups is 1. The molecular weight excluding hydrogens is 240 g/mol. The summed E-state index contributed by atoms with van der Waals surface area (Å²) in [4.78, 5) is 0. The minimum Gasteiger partial charge on any atom is -0.389 e. The molecule has 0 spiro atoms. The summed E-state index contributed by atoms with van der Waals surface area (Å²) in [5.41, 5.74) is 3.04. The first-order valence-electron chi connectivity index (χ1n) is 7.17. The van der Waals surface area contributed by atoms with E-state index in [0.717, 1.165) is 42.8 Å². The predicted octanol–water partition coefficient (Wildman–Crippen LogP) is 2.88. The van der Waals surface area contributed by atoms with Crippen molar-refractivity contribution in [3.05, 3.63) is 17.0 Å². The fourth-order valence-electron chi connectivity index (χ4n) is 2.34. The number of aromatic nitrogens is 2. The first-order valence-corrected chi connectivity index (χ1v) is 7.17. The number of rotatable bonds is 7. The quantitative estimate of drug-likeness (QED) is 0.827. The van der Waals surface area contributed by atoms with Gasteiger partial charge in [-0.15, -0.1) is 0 Å². The molecule has 0 amide bonds. The van der Waals surface area contributed by atoms with Crippen LogP contribution in [0.15, 0.2) is 0 Å². The molecule has 0 saturated carbocycles. The lowest BCUT2D eigenvalue weighted by Gasteiger charge is -2.23. The lowest BCUT2D eigenvalue weighted by Crippen LogP contribution is -2.25. The normalized spacial score (nSPS) is 13.8. The Morgan fingerprint density at radius 1 is 1.32 bits per heavy atom. The Morgan fingerprint density at radius 3 is 2.37 bits per heavy atom. The number of aryl methyl sites for hydroxylation is 2. The molecule has 0 aliphatic rings. The molecule has 0 aromatic carbocycles. The van der Waals surface area contributed by atoms with Gasteiger partial charge in [0.15, 0.2) is 0 Å². The van der Waals surface area contributed by atoms with Crippen molar-refractivity contribution < 1.29 is 9.84 Å². The minimum absolute atomic E-state index is 0.145. The van der Waals surface area contributed by atoms with Crippen LogP contribution in [0, 0.1) is 0 Å². The van der Waals surface area contributed by atoms with Crippen molar-refractivity contribution in [2.24, 2.45) is 0 Å². The summed E-state index contributed by atoms with van der Waals surface area (Å²) < 4.78 is 7.50. The van der Waals surface area contributed by atoms with Crippen LogP contribution in [0.5, 0.6) is 0 Å². The molecule has 1 N–H and O–H groups in total. The number of methoxy groups -OCH3 is 1. The van der Waals surface area contributed by atoms with Crippen molar-refractivity contribution in [1.82, 2.24) is 9.78 Å². The van der Waals surface area contributed by atoms with E-state index in [1.165, 1.54) is 0 Å². The molecule has 1 aromatic rings. The zero-order valence-corrected chi connectivity index (χ0v) is 13.2. The summed E-state index contributed by atoms with van der Waals surface area (Å²) in [5, 5.41) is 14.6. The Balaban J connectivity index is 3.01. The van der Waals surface area contributed by atoms with Crippen molar-refractivity contribution in [1.29, 1.82) is 0 Å². The van der Waals surface area contributed by atoms with Gasteiger partial charge in [-0.2, -0.15) is 5.10 Å². The molecule has 1 unspecified atom stereocenters. The van der Waals surface area contributed by atoms with Crippen LogP contribution in [0.3, 0.4) is 0 Å². The molecule has 1 atom stereocenters. The highest BCUT2D eigenvalue weighted by atomic mass is 16.5. The zero-order valence-electron chi connectivity index (χ0n) is 13.2. The smallest absolute Gasteiger partial charge is 0.0798 e.